The highest BCUT2D eigenvalue weighted by molar-refractivity contribution is 6.42. The third kappa shape index (κ3) is 5.70. The molecule has 1 aromatic carbocycles. The summed E-state index contributed by atoms with van der Waals surface area (Å²) >= 11 is 12.0. The molecule has 0 aliphatic rings. The third-order valence-electron chi connectivity index (χ3n) is 3.96. The minimum atomic E-state index is -0.206. The Hall–Kier alpha value is -2.57. The van der Waals surface area contributed by atoms with Gasteiger partial charge in [-0.05, 0) is 36.2 Å². The van der Waals surface area contributed by atoms with Crippen LogP contribution < -0.4 is 5.32 Å². The van der Waals surface area contributed by atoms with E-state index in [1.807, 2.05) is 22.9 Å². The Morgan fingerprint density at radius 2 is 2.04 bits per heavy atom. The Balaban J connectivity index is 1.66. The van der Waals surface area contributed by atoms with Crippen LogP contribution in [0.1, 0.15) is 12.0 Å². The van der Waals surface area contributed by atoms with Crippen LogP contribution in [0.3, 0.4) is 0 Å². The standard InChI is InChI=1S/C19H19Cl2N5O/c20-17-5-4-16(11-18(17)21)24-19(27)26(13-15-3-1-6-22-12-15)9-2-8-25-10-7-23-14-25/h1,3-7,10-12,14H,2,8-9,13H2,(H,24,27). The molecule has 8 heteroatoms. The van der Waals surface area contributed by atoms with Gasteiger partial charge in [-0.25, -0.2) is 9.78 Å². The number of carbonyl (C=O) groups excluding carboxylic acids is 1. The summed E-state index contributed by atoms with van der Waals surface area (Å²) in [5.41, 5.74) is 1.56. The second-order valence-electron chi connectivity index (χ2n) is 6.00. The molecule has 6 nitrogen and oxygen atoms in total. The van der Waals surface area contributed by atoms with Crippen molar-refractivity contribution in [1.29, 1.82) is 0 Å². The largest absolute Gasteiger partial charge is 0.337 e. The zero-order valence-corrected chi connectivity index (χ0v) is 16.1. The van der Waals surface area contributed by atoms with Gasteiger partial charge in [-0.3, -0.25) is 4.98 Å². The average molecular weight is 404 g/mol. The van der Waals surface area contributed by atoms with E-state index < -0.39 is 0 Å². The van der Waals surface area contributed by atoms with Gasteiger partial charge < -0.3 is 14.8 Å². The fourth-order valence-electron chi connectivity index (χ4n) is 2.60. The SMILES string of the molecule is O=C(Nc1ccc(Cl)c(Cl)c1)N(CCCn1ccnc1)Cc1cccnc1. The topological polar surface area (TPSA) is 63.1 Å². The molecule has 27 heavy (non-hydrogen) atoms. The number of hydrogen-bond donors (Lipinski definition) is 1. The summed E-state index contributed by atoms with van der Waals surface area (Å²) in [4.78, 5) is 22.7. The van der Waals surface area contributed by atoms with Gasteiger partial charge >= 0.3 is 6.03 Å². The summed E-state index contributed by atoms with van der Waals surface area (Å²) in [6.07, 6.45) is 9.68. The number of amides is 2. The van der Waals surface area contributed by atoms with Gasteiger partial charge in [0.05, 0.1) is 16.4 Å². The lowest BCUT2D eigenvalue weighted by Gasteiger charge is -2.23. The Morgan fingerprint density at radius 1 is 1.15 bits per heavy atom. The van der Waals surface area contributed by atoms with E-state index in [1.165, 1.54) is 0 Å². The van der Waals surface area contributed by atoms with Crippen LogP contribution in [0.5, 0.6) is 0 Å². The Kier molecular flexibility index (Phi) is 6.68. The first-order valence-corrected chi connectivity index (χ1v) is 9.23. The molecule has 0 saturated heterocycles. The molecule has 0 radical (unpaired) electrons. The van der Waals surface area contributed by atoms with Crippen LogP contribution in [-0.4, -0.2) is 32.0 Å². The van der Waals surface area contributed by atoms with E-state index in [0.717, 1.165) is 18.5 Å². The number of halogens is 2. The van der Waals surface area contributed by atoms with Crippen LogP contribution in [0, 0.1) is 0 Å². The molecule has 2 heterocycles. The maximum Gasteiger partial charge on any atom is 0.322 e. The number of anilines is 1. The number of hydrogen-bond acceptors (Lipinski definition) is 3. The molecule has 3 aromatic rings. The van der Waals surface area contributed by atoms with Gasteiger partial charge in [0.1, 0.15) is 0 Å². The molecule has 3 rings (SSSR count). The number of pyridine rings is 1. The summed E-state index contributed by atoms with van der Waals surface area (Å²) < 4.78 is 1.99. The molecule has 140 valence electrons. The number of imidazole rings is 1. The van der Waals surface area contributed by atoms with Crippen LogP contribution in [0.25, 0.3) is 0 Å². The molecule has 2 amide bonds. The van der Waals surface area contributed by atoms with Crippen LogP contribution in [-0.2, 0) is 13.1 Å². The predicted molar refractivity (Wildman–Crippen MR) is 107 cm³/mol. The zero-order valence-electron chi connectivity index (χ0n) is 14.6. The van der Waals surface area contributed by atoms with Crippen molar-refractivity contribution in [3.05, 3.63) is 77.1 Å². The molecule has 0 bridgehead atoms. The van der Waals surface area contributed by atoms with Gasteiger partial charge in [0.25, 0.3) is 0 Å². The highest BCUT2D eigenvalue weighted by atomic mass is 35.5. The van der Waals surface area contributed by atoms with E-state index in [1.54, 1.807) is 48.0 Å². The summed E-state index contributed by atoms with van der Waals surface area (Å²) in [7, 11) is 0. The molecule has 0 fully saturated rings. The van der Waals surface area contributed by atoms with Crippen molar-refractivity contribution >= 4 is 34.9 Å². The molecule has 0 spiro atoms. The molecule has 0 atom stereocenters. The highest BCUT2D eigenvalue weighted by Gasteiger charge is 2.15. The normalized spacial score (nSPS) is 10.6. The van der Waals surface area contributed by atoms with E-state index in [2.05, 4.69) is 15.3 Å². The van der Waals surface area contributed by atoms with Crippen molar-refractivity contribution in [3.63, 3.8) is 0 Å². The Labute approximate surface area is 167 Å². The Morgan fingerprint density at radius 3 is 2.74 bits per heavy atom. The smallest absolute Gasteiger partial charge is 0.322 e. The van der Waals surface area contributed by atoms with Crippen molar-refractivity contribution in [2.45, 2.75) is 19.5 Å². The first-order chi connectivity index (χ1) is 13.1. The first-order valence-electron chi connectivity index (χ1n) is 8.47. The maximum absolute atomic E-state index is 12.8. The molecule has 0 saturated carbocycles. The van der Waals surface area contributed by atoms with Crippen molar-refractivity contribution in [1.82, 2.24) is 19.4 Å². The molecular weight excluding hydrogens is 385 g/mol. The van der Waals surface area contributed by atoms with Gasteiger partial charge in [-0.15, -0.1) is 0 Å². The molecular formula is C19H19Cl2N5O. The predicted octanol–water partition coefficient (Wildman–Crippen LogP) is 4.71. The monoisotopic (exact) mass is 403 g/mol. The van der Waals surface area contributed by atoms with Crippen molar-refractivity contribution in [2.75, 3.05) is 11.9 Å². The molecule has 1 N–H and O–H groups in total. The molecule has 0 aliphatic heterocycles. The van der Waals surface area contributed by atoms with Crippen molar-refractivity contribution in [2.24, 2.45) is 0 Å². The zero-order chi connectivity index (χ0) is 19.1. The van der Waals surface area contributed by atoms with Crippen molar-refractivity contribution in [3.8, 4) is 0 Å². The maximum atomic E-state index is 12.8. The van der Waals surface area contributed by atoms with Crippen LogP contribution in [0.2, 0.25) is 10.0 Å². The van der Waals surface area contributed by atoms with E-state index in [4.69, 9.17) is 23.2 Å². The minimum Gasteiger partial charge on any atom is -0.337 e. The van der Waals surface area contributed by atoms with Crippen LogP contribution in [0.15, 0.2) is 61.4 Å². The lowest BCUT2D eigenvalue weighted by atomic mass is 10.2. The van der Waals surface area contributed by atoms with E-state index >= 15 is 0 Å². The number of nitrogens with one attached hydrogen (secondary N) is 1. The summed E-state index contributed by atoms with van der Waals surface area (Å²) in [5.74, 6) is 0. The molecule has 2 aromatic heterocycles. The van der Waals surface area contributed by atoms with Crippen LogP contribution >= 0.6 is 23.2 Å². The number of aryl methyl sites for hydroxylation is 1. The van der Waals surface area contributed by atoms with Gasteiger partial charge in [-0.1, -0.05) is 29.3 Å². The molecule has 0 unspecified atom stereocenters. The first kappa shape index (κ1) is 19.2. The second-order valence-corrected chi connectivity index (χ2v) is 6.81. The van der Waals surface area contributed by atoms with E-state index in [-0.39, 0.29) is 6.03 Å². The highest BCUT2D eigenvalue weighted by Crippen LogP contribution is 2.25. The lowest BCUT2D eigenvalue weighted by Crippen LogP contribution is -2.35. The van der Waals surface area contributed by atoms with Gasteiger partial charge in [-0.2, -0.15) is 0 Å². The number of rotatable bonds is 7. The summed E-state index contributed by atoms with van der Waals surface area (Å²) in [6, 6.07) is 8.61. The quantitative estimate of drug-likeness (QED) is 0.621. The number of benzene rings is 1. The minimum absolute atomic E-state index is 0.206. The summed E-state index contributed by atoms with van der Waals surface area (Å²) in [6.45, 7) is 1.83. The van der Waals surface area contributed by atoms with E-state index in [0.29, 0.717) is 28.8 Å². The number of aromatic nitrogens is 3. The fraction of sp³-hybridized carbons (Fsp3) is 0.211. The van der Waals surface area contributed by atoms with Gasteiger partial charge in [0.2, 0.25) is 0 Å². The third-order valence-corrected chi connectivity index (χ3v) is 4.70. The molecule has 0 aliphatic carbocycles. The number of carbonyl (C=O) groups is 1. The average Bonchev–Trinajstić information content (AvgIpc) is 3.18. The van der Waals surface area contributed by atoms with Gasteiger partial charge in [0.15, 0.2) is 0 Å². The van der Waals surface area contributed by atoms with Crippen molar-refractivity contribution < 1.29 is 4.79 Å². The fourth-order valence-corrected chi connectivity index (χ4v) is 2.90. The van der Waals surface area contributed by atoms with Crippen LogP contribution in [0.4, 0.5) is 10.5 Å². The number of nitrogens with zero attached hydrogens (tertiary/aromatic N) is 4. The Bertz CT molecular complexity index is 871. The van der Waals surface area contributed by atoms with Gasteiger partial charge in [0, 0.05) is 50.1 Å². The second kappa shape index (κ2) is 9.39. The summed E-state index contributed by atoms with van der Waals surface area (Å²) in [5, 5.41) is 3.72. The lowest BCUT2D eigenvalue weighted by molar-refractivity contribution is 0.207. The number of urea groups is 1. The van der Waals surface area contributed by atoms with E-state index in [9.17, 15) is 4.79 Å².